The van der Waals surface area contributed by atoms with Crippen molar-refractivity contribution in [3.05, 3.63) is 35.0 Å². The molecule has 0 amide bonds. The summed E-state index contributed by atoms with van der Waals surface area (Å²) >= 11 is 0. The summed E-state index contributed by atoms with van der Waals surface area (Å²) in [6, 6.07) is 4.36. The molecular formula is C14H17N3O3. The summed E-state index contributed by atoms with van der Waals surface area (Å²) in [5.41, 5.74) is 7.69. The number of aliphatic imine (C=N–C) groups is 1. The van der Waals surface area contributed by atoms with E-state index in [9.17, 15) is 9.90 Å². The molecule has 0 saturated heterocycles. The van der Waals surface area contributed by atoms with Gasteiger partial charge in [0, 0.05) is 11.3 Å². The van der Waals surface area contributed by atoms with Crippen molar-refractivity contribution >= 4 is 11.7 Å². The van der Waals surface area contributed by atoms with Crippen molar-refractivity contribution < 1.29 is 14.6 Å². The molecule has 1 aliphatic rings. The number of hydrogen-bond acceptors (Lipinski definition) is 6. The molecule has 20 heavy (non-hydrogen) atoms. The quantitative estimate of drug-likeness (QED) is 0.770. The van der Waals surface area contributed by atoms with Crippen molar-refractivity contribution in [2.45, 2.75) is 19.9 Å². The molecule has 0 unspecified atom stereocenters. The fraction of sp³-hybridized carbons (Fsp3) is 0.286. The van der Waals surface area contributed by atoms with Crippen LogP contribution in [0.5, 0.6) is 11.5 Å². The van der Waals surface area contributed by atoms with Crippen molar-refractivity contribution in [3.63, 3.8) is 0 Å². The van der Waals surface area contributed by atoms with Gasteiger partial charge in [0.2, 0.25) is 0 Å². The molecule has 0 saturated carbocycles. The first-order valence-electron chi connectivity index (χ1n) is 6.13. The number of ether oxygens (including phenoxy) is 1. The zero-order chi connectivity index (χ0) is 14.9. The summed E-state index contributed by atoms with van der Waals surface area (Å²) < 4.78 is 5.08. The molecule has 0 spiro atoms. The smallest absolute Gasteiger partial charge is 0.193 e. The van der Waals surface area contributed by atoms with Gasteiger partial charge in [-0.25, -0.2) is 4.99 Å². The van der Waals surface area contributed by atoms with E-state index in [1.165, 1.54) is 20.1 Å². The Morgan fingerprint density at radius 1 is 1.50 bits per heavy atom. The third-order valence-corrected chi connectivity index (χ3v) is 3.16. The molecule has 2 rings (SSSR count). The molecule has 106 valence electrons. The summed E-state index contributed by atoms with van der Waals surface area (Å²) in [5.74, 6) is 0.537. The van der Waals surface area contributed by atoms with E-state index < -0.39 is 6.04 Å². The maximum absolute atomic E-state index is 11.8. The number of carbonyl (C=O) groups is 1. The Bertz CT molecular complexity index is 620. The van der Waals surface area contributed by atoms with E-state index in [1.807, 2.05) is 0 Å². The van der Waals surface area contributed by atoms with Gasteiger partial charge in [-0.1, -0.05) is 6.07 Å². The van der Waals surface area contributed by atoms with Gasteiger partial charge in [0.25, 0.3) is 0 Å². The van der Waals surface area contributed by atoms with E-state index in [0.717, 1.165) is 5.56 Å². The lowest BCUT2D eigenvalue weighted by Crippen LogP contribution is -2.36. The standard InChI is InChI=1S/C14H17N3O3/c1-7-12(8(2)18)13(17-14(15)16-7)9-4-5-10(19)11(6-9)20-3/h4-6,13,19H,1-3H3,(H3,15,16,17)/t13-/m1/s1. The Hall–Kier alpha value is -2.50. The number of nitrogens with zero attached hydrogens (tertiary/aromatic N) is 1. The maximum atomic E-state index is 11.8. The third kappa shape index (κ3) is 2.45. The number of rotatable bonds is 3. The van der Waals surface area contributed by atoms with E-state index in [1.54, 1.807) is 19.1 Å². The lowest BCUT2D eigenvalue weighted by molar-refractivity contribution is -0.113. The zero-order valence-corrected chi connectivity index (χ0v) is 11.6. The normalized spacial score (nSPS) is 18.4. The molecule has 1 aliphatic heterocycles. The minimum absolute atomic E-state index is 0.0345. The molecule has 0 bridgehead atoms. The first-order valence-corrected chi connectivity index (χ1v) is 6.13. The summed E-state index contributed by atoms with van der Waals surface area (Å²) in [5, 5.41) is 12.5. The van der Waals surface area contributed by atoms with Crippen molar-refractivity contribution in [2.75, 3.05) is 7.11 Å². The average molecular weight is 275 g/mol. The van der Waals surface area contributed by atoms with Crippen LogP contribution in [0.3, 0.4) is 0 Å². The van der Waals surface area contributed by atoms with Crippen molar-refractivity contribution in [3.8, 4) is 11.5 Å². The van der Waals surface area contributed by atoms with E-state index in [0.29, 0.717) is 17.0 Å². The van der Waals surface area contributed by atoms with Gasteiger partial charge in [0.05, 0.1) is 7.11 Å². The van der Waals surface area contributed by atoms with Crippen LogP contribution in [-0.2, 0) is 4.79 Å². The maximum Gasteiger partial charge on any atom is 0.193 e. The van der Waals surface area contributed by atoms with Crippen LogP contribution in [0, 0.1) is 0 Å². The highest BCUT2D eigenvalue weighted by Gasteiger charge is 2.26. The highest BCUT2D eigenvalue weighted by Crippen LogP contribution is 2.35. The fourth-order valence-corrected chi connectivity index (χ4v) is 2.26. The second-order valence-electron chi connectivity index (χ2n) is 4.57. The minimum atomic E-state index is -0.497. The van der Waals surface area contributed by atoms with Crippen LogP contribution >= 0.6 is 0 Å². The number of Topliss-reactive ketones (excluding diaryl/α,β-unsaturated/α-hetero) is 1. The monoisotopic (exact) mass is 275 g/mol. The Morgan fingerprint density at radius 2 is 2.20 bits per heavy atom. The summed E-state index contributed by atoms with van der Waals surface area (Å²) in [4.78, 5) is 16.1. The van der Waals surface area contributed by atoms with Crippen molar-refractivity contribution in [1.29, 1.82) is 0 Å². The van der Waals surface area contributed by atoms with Gasteiger partial charge in [-0.15, -0.1) is 0 Å². The van der Waals surface area contributed by atoms with Crippen molar-refractivity contribution in [2.24, 2.45) is 10.7 Å². The highest BCUT2D eigenvalue weighted by atomic mass is 16.5. The fourth-order valence-electron chi connectivity index (χ4n) is 2.26. The molecule has 0 radical (unpaired) electrons. The number of hydrogen-bond donors (Lipinski definition) is 3. The van der Waals surface area contributed by atoms with Gasteiger partial charge in [-0.05, 0) is 31.5 Å². The number of nitrogens with two attached hydrogens (primary N) is 1. The Balaban J connectivity index is 2.53. The van der Waals surface area contributed by atoms with E-state index in [2.05, 4.69) is 10.3 Å². The van der Waals surface area contributed by atoms with Gasteiger partial charge >= 0.3 is 0 Å². The van der Waals surface area contributed by atoms with Crippen LogP contribution in [0.4, 0.5) is 0 Å². The van der Waals surface area contributed by atoms with E-state index in [4.69, 9.17) is 10.5 Å². The highest BCUT2D eigenvalue weighted by molar-refractivity contribution is 5.98. The number of guanidine groups is 1. The Kier molecular flexibility index (Phi) is 3.65. The van der Waals surface area contributed by atoms with Crippen LogP contribution in [0.1, 0.15) is 25.5 Å². The number of carbonyl (C=O) groups excluding carboxylic acids is 1. The number of phenolic OH excluding ortho intramolecular Hbond substituents is 1. The van der Waals surface area contributed by atoms with Gasteiger partial charge in [0.15, 0.2) is 23.2 Å². The van der Waals surface area contributed by atoms with Crippen LogP contribution < -0.4 is 15.8 Å². The predicted molar refractivity (Wildman–Crippen MR) is 75.5 cm³/mol. The lowest BCUT2D eigenvalue weighted by Gasteiger charge is -2.24. The molecule has 4 N–H and O–H groups in total. The molecular weight excluding hydrogens is 258 g/mol. The number of phenols is 1. The second kappa shape index (κ2) is 5.24. The number of methoxy groups -OCH3 is 1. The topological polar surface area (TPSA) is 96.9 Å². The zero-order valence-electron chi connectivity index (χ0n) is 11.6. The number of allylic oxidation sites excluding steroid dienone is 1. The second-order valence-corrected chi connectivity index (χ2v) is 4.57. The number of nitrogens with one attached hydrogen (secondary N) is 1. The molecule has 0 aliphatic carbocycles. The number of aromatic hydroxyl groups is 1. The molecule has 1 heterocycles. The van der Waals surface area contributed by atoms with Crippen molar-refractivity contribution in [1.82, 2.24) is 5.32 Å². The molecule has 1 atom stereocenters. The first kappa shape index (κ1) is 13.9. The molecule has 1 aromatic rings. The van der Waals surface area contributed by atoms with Crippen LogP contribution in [-0.4, -0.2) is 24.0 Å². The SMILES string of the molecule is COc1cc([C@H]2N=C(N)NC(C)=C2C(C)=O)ccc1O. The molecule has 6 heteroatoms. The van der Waals surface area contributed by atoms with Gasteiger partial charge in [0.1, 0.15) is 6.04 Å². The van der Waals surface area contributed by atoms with Crippen LogP contribution in [0.2, 0.25) is 0 Å². The molecule has 1 aromatic carbocycles. The Morgan fingerprint density at radius 3 is 2.80 bits per heavy atom. The van der Waals surface area contributed by atoms with E-state index in [-0.39, 0.29) is 17.5 Å². The molecule has 0 aromatic heterocycles. The third-order valence-electron chi connectivity index (χ3n) is 3.16. The molecule has 6 nitrogen and oxygen atoms in total. The van der Waals surface area contributed by atoms with Gasteiger partial charge < -0.3 is 20.9 Å². The predicted octanol–water partition coefficient (Wildman–Crippen LogP) is 1.22. The van der Waals surface area contributed by atoms with Crippen LogP contribution in [0.25, 0.3) is 0 Å². The summed E-state index contributed by atoms with van der Waals surface area (Å²) in [6.45, 7) is 3.27. The van der Waals surface area contributed by atoms with Gasteiger partial charge in [-0.2, -0.15) is 0 Å². The summed E-state index contributed by atoms with van der Waals surface area (Å²) in [6.07, 6.45) is 0. The number of benzene rings is 1. The molecule has 0 fully saturated rings. The Labute approximate surface area is 117 Å². The van der Waals surface area contributed by atoms with Crippen LogP contribution in [0.15, 0.2) is 34.5 Å². The lowest BCUT2D eigenvalue weighted by atomic mass is 9.93. The summed E-state index contributed by atoms with van der Waals surface area (Å²) in [7, 11) is 1.46. The van der Waals surface area contributed by atoms with E-state index >= 15 is 0 Å². The van der Waals surface area contributed by atoms with Gasteiger partial charge in [-0.3, -0.25) is 4.79 Å². The minimum Gasteiger partial charge on any atom is -0.504 e. The number of ketones is 1. The first-order chi connectivity index (χ1) is 9.43. The average Bonchev–Trinajstić information content (AvgIpc) is 2.37. The largest absolute Gasteiger partial charge is 0.504 e.